The maximum atomic E-state index is 5.52. The summed E-state index contributed by atoms with van der Waals surface area (Å²) in [5.74, 6) is 1.72. The number of nitrogens with two attached hydrogens (primary N) is 1. The molecule has 0 saturated heterocycles. The molecule has 2 N–H and O–H groups in total. The van der Waals surface area contributed by atoms with E-state index in [1.165, 1.54) is 5.56 Å². The van der Waals surface area contributed by atoms with Gasteiger partial charge in [-0.05, 0) is 24.1 Å². The zero-order valence-electron chi connectivity index (χ0n) is 9.72. The van der Waals surface area contributed by atoms with E-state index in [0.29, 0.717) is 11.7 Å². The first kappa shape index (κ1) is 11.6. The molecule has 5 heteroatoms. The second kappa shape index (κ2) is 5.45. The van der Waals surface area contributed by atoms with Crippen LogP contribution in [0, 0.1) is 0 Å². The van der Waals surface area contributed by atoms with E-state index < -0.39 is 0 Å². The normalized spacial score (nSPS) is 10.5. The molecule has 2 rings (SSSR count). The Bertz CT molecular complexity index is 465. The van der Waals surface area contributed by atoms with Gasteiger partial charge in [-0.2, -0.15) is 4.98 Å². The molecule has 1 heterocycles. The van der Waals surface area contributed by atoms with E-state index in [9.17, 15) is 0 Å². The molecule has 0 aliphatic heterocycles. The third-order valence-electron chi connectivity index (χ3n) is 2.38. The smallest absolute Gasteiger partial charge is 0.240 e. The molecule has 1 aromatic heterocycles. The summed E-state index contributed by atoms with van der Waals surface area (Å²) in [6.45, 7) is 2.65. The lowest BCUT2D eigenvalue weighted by Gasteiger charge is -2.03. The van der Waals surface area contributed by atoms with Crippen molar-refractivity contribution in [2.24, 2.45) is 5.73 Å². The summed E-state index contributed by atoms with van der Waals surface area (Å²) in [6.07, 6.45) is 1.02. The number of nitrogens with zero attached hydrogens (tertiary/aromatic N) is 2. The molecular weight excluding hydrogens is 218 g/mol. The number of ether oxygens (including phenoxy) is 1. The van der Waals surface area contributed by atoms with Crippen LogP contribution in [-0.4, -0.2) is 10.1 Å². The lowest BCUT2D eigenvalue weighted by molar-refractivity contribution is 0.285. The Balaban J connectivity index is 1.92. The minimum atomic E-state index is 0.248. The predicted octanol–water partition coefficient (Wildman–Crippen LogP) is 1.67. The highest BCUT2D eigenvalue weighted by Gasteiger charge is 2.04. The molecule has 90 valence electrons. The van der Waals surface area contributed by atoms with Gasteiger partial charge in [0.15, 0.2) is 6.61 Å². The summed E-state index contributed by atoms with van der Waals surface area (Å²) >= 11 is 0. The van der Waals surface area contributed by atoms with Gasteiger partial charge in [0.25, 0.3) is 0 Å². The molecular formula is C12H15N3O2. The Morgan fingerprint density at radius 2 is 2.06 bits per heavy atom. The molecule has 2 aromatic rings. The van der Waals surface area contributed by atoms with Crippen molar-refractivity contribution in [3.8, 4) is 5.75 Å². The molecule has 17 heavy (non-hydrogen) atoms. The number of benzene rings is 1. The second-order valence-electron chi connectivity index (χ2n) is 3.59. The molecule has 0 unspecified atom stereocenters. The van der Waals surface area contributed by atoms with Gasteiger partial charge in [0.05, 0.1) is 6.54 Å². The van der Waals surface area contributed by atoms with E-state index in [2.05, 4.69) is 17.1 Å². The van der Waals surface area contributed by atoms with Gasteiger partial charge in [0, 0.05) is 0 Å². The van der Waals surface area contributed by atoms with Crippen LogP contribution >= 0.6 is 0 Å². The molecule has 0 spiro atoms. The van der Waals surface area contributed by atoms with Crippen molar-refractivity contribution in [2.75, 3.05) is 0 Å². The summed E-state index contributed by atoms with van der Waals surface area (Å²) < 4.78 is 10.4. The molecule has 0 atom stereocenters. The quantitative estimate of drug-likeness (QED) is 0.850. The van der Waals surface area contributed by atoms with Crippen LogP contribution in [-0.2, 0) is 19.6 Å². The van der Waals surface area contributed by atoms with E-state index in [1.54, 1.807) is 0 Å². The largest absolute Gasteiger partial charge is 0.485 e. The molecule has 0 aliphatic carbocycles. The fourth-order valence-corrected chi connectivity index (χ4v) is 1.40. The minimum Gasteiger partial charge on any atom is -0.485 e. The van der Waals surface area contributed by atoms with E-state index in [1.807, 2.05) is 24.3 Å². The minimum absolute atomic E-state index is 0.248. The van der Waals surface area contributed by atoms with Gasteiger partial charge < -0.3 is 15.0 Å². The van der Waals surface area contributed by atoms with Gasteiger partial charge in [-0.15, -0.1) is 0 Å². The average molecular weight is 233 g/mol. The molecule has 0 bridgehead atoms. The molecule has 5 nitrogen and oxygen atoms in total. The summed E-state index contributed by atoms with van der Waals surface area (Å²) in [5, 5.41) is 3.74. The van der Waals surface area contributed by atoms with Crippen LogP contribution in [0.5, 0.6) is 5.75 Å². The fourth-order valence-electron chi connectivity index (χ4n) is 1.40. The van der Waals surface area contributed by atoms with E-state index in [4.69, 9.17) is 15.0 Å². The van der Waals surface area contributed by atoms with Crippen molar-refractivity contribution in [1.82, 2.24) is 10.1 Å². The van der Waals surface area contributed by atoms with Gasteiger partial charge in [-0.3, -0.25) is 0 Å². The highest BCUT2D eigenvalue weighted by molar-refractivity contribution is 5.27. The number of aromatic nitrogens is 2. The summed E-state index contributed by atoms with van der Waals surface area (Å²) in [5.41, 5.74) is 6.65. The number of hydrogen-bond donors (Lipinski definition) is 1. The molecule has 0 radical (unpaired) electrons. The Hall–Kier alpha value is -1.88. The number of aryl methyl sites for hydroxylation is 1. The van der Waals surface area contributed by atoms with E-state index >= 15 is 0 Å². The Kier molecular flexibility index (Phi) is 3.72. The monoisotopic (exact) mass is 233 g/mol. The highest BCUT2D eigenvalue weighted by atomic mass is 16.5. The van der Waals surface area contributed by atoms with E-state index in [-0.39, 0.29) is 13.2 Å². The van der Waals surface area contributed by atoms with Crippen molar-refractivity contribution < 1.29 is 9.26 Å². The predicted molar refractivity (Wildman–Crippen MR) is 62.3 cm³/mol. The Morgan fingerprint density at radius 3 is 2.65 bits per heavy atom. The van der Waals surface area contributed by atoms with Crippen LogP contribution in [0.1, 0.15) is 24.2 Å². The number of rotatable bonds is 5. The molecule has 0 fully saturated rings. The van der Waals surface area contributed by atoms with Crippen molar-refractivity contribution in [1.29, 1.82) is 0 Å². The van der Waals surface area contributed by atoms with Crippen molar-refractivity contribution in [3.63, 3.8) is 0 Å². The first-order valence-electron chi connectivity index (χ1n) is 5.55. The van der Waals surface area contributed by atoms with Crippen LogP contribution < -0.4 is 10.5 Å². The first-order chi connectivity index (χ1) is 8.31. The van der Waals surface area contributed by atoms with Crippen molar-refractivity contribution in [2.45, 2.75) is 26.5 Å². The Morgan fingerprint density at radius 1 is 1.29 bits per heavy atom. The van der Waals surface area contributed by atoms with Gasteiger partial charge in [-0.1, -0.05) is 24.2 Å². The lowest BCUT2D eigenvalue weighted by Crippen LogP contribution is -1.99. The van der Waals surface area contributed by atoms with Crippen LogP contribution in [0.3, 0.4) is 0 Å². The standard InChI is InChI=1S/C12H15N3O2/c1-2-9-3-5-10(6-4-9)16-8-11-14-12(7-13)17-15-11/h3-6H,2,7-8,13H2,1H3. The van der Waals surface area contributed by atoms with Crippen LogP contribution in [0.2, 0.25) is 0 Å². The van der Waals surface area contributed by atoms with Crippen LogP contribution in [0.25, 0.3) is 0 Å². The third kappa shape index (κ3) is 3.04. The van der Waals surface area contributed by atoms with Gasteiger partial charge in [0.2, 0.25) is 11.7 Å². The first-order valence-corrected chi connectivity index (χ1v) is 5.55. The highest BCUT2D eigenvalue weighted by Crippen LogP contribution is 2.13. The average Bonchev–Trinajstić information content (AvgIpc) is 2.85. The third-order valence-corrected chi connectivity index (χ3v) is 2.38. The maximum Gasteiger partial charge on any atom is 0.240 e. The summed E-state index contributed by atoms with van der Waals surface area (Å²) in [4.78, 5) is 4.05. The van der Waals surface area contributed by atoms with Crippen molar-refractivity contribution >= 4 is 0 Å². The lowest BCUT2D eigenvalue weighted by atomic mass is 10.2. The summed E-state index contributed by atoms with van der Waals surface area (Å²) in [7, 11) is 0. The van der Waals surface area contributed by atoms with Gasteiger partial charge in [0.1, 0.15) is 5.75 Å². The van der Waals surface area contributed by atoms with E-state index in [0.717, 1.165) is 12.2 Å². The molecule has 0 aliphatic rings. The Labute approximate surface area is 99.6 Å². The fraction of sp³-hybridized carbons (Fsp3) is 0.333. The van der Waals surface area contributed by atoms with Crippen molar-refractivity contribution in [3.05, 3.63) is 41.5 Å². The second-order valence-corrected chi connectivity index (χ2v) is 3.59. The molecule has 1 aromatic carbocycles. The number of hydrogen-bond acceptors (Lipinski definition) is 5. The maximum absolute atomic E-state index is 5.52. The molecule has 0 saturated carbocycles. The molecule has 0 amide bonds. The zero-order chi connectivity index (χ0) is 12.1. The van der Waals surface area contributed by atoms with Crippen LogP contribution in [0.15, 0.2) is 28.8 Å². The topological polar surface area (TPSA) is 74.2 Å². The summed E-state index contributed by atoms with van der Waals surface area (Å²) in [6, 6.07) is 7.94. The van der Waals surface area contributed by atoms with Crippen LogP contribution in [0.4, 0.5) is 0 Å². The van der Waals surface area contributed by atoms with Gasteiger partial charge in [-0.25, -0.2) is 0 Å². The van der Waals surface area contributed by atoms with Gasteiger partial charge >= 0.3 is 0 Å². The SMILES string of the molecule is CCc1ccc(OCc2noc(CN)n2)cc1. The zero-order valence-corrected chi connectivity index (χ0v) is 9.72.